The molecule has 2 N–H and O–H groups in total. The number of carbonyl (C=O) groups is 1. The van der Waals surface area contributed by atoms with Crippen molar-refractivity contribution in [2.45, 2.75) is 25.8 Å². The molecule has 1 aliphatic rings. The van der Waals surface area contributed by atoms with Crippen LogP contribution >= 0.6 is 11.3 Å². The van der Waals surface area contributed by atoms with E-state index in [0.717, 1.165) is 35.0 Å². The highest BCUT2D eigenvalue weighted by molar-refractivity contribution is 7.15. The van der Waals surface area contributed by atoms with Crippen LogP contribution in [0.1, 0.15) is 39.8 Å². The molecule has 0 radical (unpaired) electrons. The lowest BCUT2D eigenvalue weighted by Gasteiger charge is -2.29. The first-order valence-electron chi connectivity index (χ1n) is 9.93. The Bertz CT molecular complexity index is 975. The monoisotopic (exact) mass is 410 g/mol. The molecular formula is C22H26N4O2S. The van der Waals surface area contributed by atoms with Gasteiger partial charge < -0.3 is 10.1 Å². The zero-order valence-electron chi connectivity index (χ0n) is 16.8. The summed E-state index contributed by atoms with van der Waals surface area (Å²) in [7, 11) is 1.69. The number of rotatable bonds is 7. The summed E-state index contributed by atoms with van der Waals surface area (Å²) < 4.78 is 5.58. The third-order valence-corrected chi connectivity index (χ3v) is 6.39. The predicted octanol–water partition coefficient (Wildman–Crippen LogP) is 4.02. The number of ether oxygens (including phenoxy) is 1. The summed E-state index contributed by atoms with van der Waals surface area (Å²) in [5, 5.41) is 10.3. The van der Waals surface area contributed by atoms with Crippen molar-refractivity contribution in [3.8, 4) is 16.3 Å². The summed E-state index contributed by atoms with van der Waals surface area (Å²) in [5.74, 6) is 0.689. The van der Waals surface area contributed by atoms with Gasteiger partial charge >= 0.3 is 0 Å². The first-order valence-corrected chi connectivity index (χ1v) is 10.7. The van der Waals surface area contributed by atoms with Crippen molar-refractivity contribution in [2.75, 3.05) is 26.7 Å². The number of aromatic amines is 1. The Balaban J connectivity index is 1.48. The van der Waals surface area contributed by atoms with E-state index in [1.807, 2.05) is 30.3 Å². The summed E-state index contributed by atoms with van der Waals surface area (Å²) in [4.78, 5) is 17.5. The van der Waals surface area contributed by atoms with Crippen molar-refractivity contribution in [3.05, 3.63) is 58.6 Å². The third-order valence-electron chi connectivity index (χ3n) is 5.35. The maximum absolute atomic E-state index is 12.8. The van der Waals surface area contributed by atoms with E-state index < -0.39 is 0 Å². The van der Waals surface area contributed by atoms with Gasteiger partial charge in [-0.15, -0.1) is 11.3 Å². The number of nitrogens with zero attached hydrogens (tertiary/aromatic N) is 2. The van der Waals surface area contributed by atoms with Crippen LogP contribution in [0.3, 0.4) is 0 Å². The minimum Gasteiger partial charge on any atom is -0.496 e. The molecular weight excluding hydrogens is 384 g/mol. The van der Waals surface area contributed by atoms with E-state index in [1.165, 1.54) is 17.7 Å². The van der Waals surface area contributed by atoms with Crippen LogP contribution in [0.4, 0.5) is 0 Å². The number of hydrogen-bond acceptors (Lipinski definition) is 5. The average molecular weight is 411 g/mol. The largest absolute Gasteiger partial charge is 0.496 e. The zero-order valence-corrected chi connectivity index (χ0v) is 17.6. The summed E-state index contributed by atoms with van der Waals surface area (Å²) in [6, 6.07) is 14.0. The van der Waals surface area contributed by atoms with E-state index in [9.17, 15) is 4.79 Å². The molecule has 7 heteroatoms. The Hall–Kier alpha value is -2.64. The standard InChI is InChI=1S/C22H26N4O2S/c1-15-9-10-21(29-15)17-13-18(25-24-17)22(27)23-14-19(26-11-5-6-12-26)16-7-3-4-8-20(16)28-2/h3-4,7-10,13,19H,5-6,11-12,14H2,1-2H3,(H,23,27)(H,24,25). The minimum absolute atomic E-state index is 0.0796. The number of aromatic nitrogens is 2. The molecule has 0 bridgehead atoms. The Morgan fingerprint density at radius 2 is 2.07 bits per heavy atom. The molecule has 2 aromatic heterocycles. The lowest BCUT2D eigenvalue weighted by molar-refractivity contribution is 0.0932. The number of thiophene rings is 1. The fourth-order valence-electron chi connectivity index (χ4n) is 3.85. The molecule has 1 unspecified atom stereocenters. The molecule has 6 nitrogen and oxygen atoms in total. The summed E-state index contributed by atoms with van der Waals surface area (Å²) in [5.41, 5.74) is 2.38. The second-order valence-electron chi connectivity index (χ2n) is 7.29. The number of hydrogen-bond donors (Lipinski definition) is 2. The number of H-pyrrole nitrogens is 1. The van der Waals surface area contributed by atoms with Gasteiger partial charge in [0.2, 0.25) is 0 Å². The number of likely N-dealkylation sites (tertiary alicyclic amines) is 1. The predicted molar refractivity (Wildman–Crippen MR) is 116 cm³/mol. The Morgan fingerprint density at radius 3 is 2.79 bits per heavy atom. The van der Waals surface area contributed by atoms with Crippen molar-refractivity contribution in [1.29, 1.82) is 0 Å². The summed E-state index contributed by atoms with van der Waals surface area (Å²) in [6.45, 7) is 4.64. The second-order valence-corrected chi connectivity index (χ2v) is 8.58. The van der Waals surface area contributed by atoms with Gasteiger partial charge in [0.05, 0.1) is 23.7 Å². The topological polar surface area (TPSA) is 70.2 Å². The average Bonchev–Trinajstić information content (AvgIpc) is 3.50. The van der Waals surface area contributed by atoms with Crippen LogP contribution in [0.2, 0.25) is 0 Å². The van der Waals surface area contributed by atoms with Crippen molar-refractivity contribution >= 4 is 17.2 Å². The highest BCUT2D eigenvalue weighted by atomic mass is 32.1. The second kappa shape index (κ2) is 8.80. The molecule has 1 aromatic carbocycles. The smallest absolute Gasteiger partial charge is 0.271 e. The van der Waals surface area contributed by atoms with E-state index in [0.29, 0.717) is 12.2 Å². The molecule has 0 spiro atoms. The number of carbonyl (C=O) groups excluding carboxylic acids is 1. The number of amides is 1. The van der Waals surface area contributed by atoms with Crippen molar-refractivity contribution in [1.82, 2.24) is 20.4 Å². The fourth-order valence-corrected chi connectivity index (χ4v) is 4.69. The minimum atomic E-state index is -0.167. The van der Waals surface area contributed by atoms with E-state index in [4.69, 9.17) is 4.74 Å². The first kappa shape index (κ1) is 19.7. The highest BCUT2D eigenvalue weighted by Gasteiger charge is 2.26. The summed E-state index contributed by atoms with van der Waals surface area (Å²) >= 11 is 1.68. The quantitative estimate of drug-likeness (QED) is 0.617. The Morgan fingerprint density at radius 1 is 1.28 bits per heavy atom. The van der Waals surface area contributed by atoms with Gasteiger partial charge in [-0.25, -0.2) is 0 Å². The SMILES string of the molecule is COc1ccccc1C(CNC(=O)c1cc(-c2ccc(C)s2)[nH]n1)N1CCCC1. The molecule has 3 heterocycles. The van der Waals surface area contributed by atoms with Crippen molar-refractivity contribution in [3.63, 3.8) is 0 Å². The first-order chi connectivity index (χ1) is 14.2. The molecule has 1 saturated heterocycles. The van der Waals surface area contributed by atoms with Gasteiger partial charge in [0.25, 0.3) is 5.91 Å². The van der Waals surface area contributed by atoms with Crippen molar-refractivity contribution < 1.29 is 9.53 Å². The van der Waals surface area contributed by atoms with Gasteiger partial charge in [-0.05, 0) is 57.1 Å². The molecule has 1 amide bonds. The molecule has 0 aliphatic carbocycles. The van der Waals surface area contributed by atoms with Crippen molar-refractivity contribution in [2.24, 2.45) is 0 Å². The Labute approximate surface area is 174 Å². The van der Waals surface area contributed by atoms with Gasteiger partial charge in [-0.3, -0.25) is 14.8 Å². The van der Waals surface area contributed by atoms with E-state index >= 15 is 0 Å². The van der Waals surface area contributed by atoms with E-state index in [-0.39, 0.29) is 11.9 Å². The fraction of sp³-hybridized carbons (Fsp3) is 0.364. The Kier molecular flexibility index (Phi) is 5.97. The lowest BCUT2D eigenvalue weighted by atomic mass is 10.0. The van der Waals surface area contributed by atoms with Crippen LogP contribution < -0.4 is 10.1 Å². The van der Waals surface area contributed by atoms with Gasteiger partial charge in [0.1, 0.15) is 5.75 Å². The number of para-hydroxylation sites is 1. The van der Waals surface area contributed by atoms with Crippen LogP contribution in [-0.4, -0.2) is 47.7 Å². The van der Waals surface area contributed by atoms with Crippen LogP contribution in [0.15, 0.2) is 42.5 Å². The molecule has 1 aliphatic heterocycles. The van der Waals surface area contributed by atoms with Crippen LogP contribution in [-0.2, 0) is 0 Å². The van der Waals surface area contributed by atoms with Gasteiger partial charge in [0, 0.05) is 17.0 Å². The van der Waals surface area contributed by atoms with Crippen LogP contribution in [0.5, 0.6) is 5.75 Å². The number of nitrogens with one attached hydrogen (secondary N) is 2. The molecule has 0 saturated carbocycles. The number of benzene rings is 1. The molecule has 152 valence electrons. The third kappa shape index (κ3) is 4.36. The van der Waals surface area contributed by atoms with Crippen LogP contribution in [0, 0.1) is 6.92 Å². The van der Waals surface area contributed by atoms with Crippen LogP contribution in [0.25, 0.3) is 10.6 Å². The molecule has 1 atom stereocenters. The van der Waals surface area contributed by atoms with Gasteiger partial charge in [0.15, 0.2) is 5.69 Å². The van der Waals surface area contributed by atoms with E-state index in [1.54, 1.807) is 18.4 Å². The highest BCUT2D eigenvalue weighted by Crippen LogP contribution is 2.31. The molecule has 29 heavy (non-hydrogen) atoms. The number of aryl methyl sites for hydroxylation is 1. The molecule has 4 rings (SSSR count). The molecule has 1 fully saturated rings. The van der Waals surface area contributed by atoms with E-state index in [2.05, 4.69) is 39.5 Å². The summed E-state index contributed by atoms with van der Waals surface area (Å²) in [6.07, 6.45) is 2.37. The normalized spacial score (nSPS) is 15.4. The zero-order chi connectivity index (χ0) is 20.2. The maximum atomic E-state index is 12.8. The lowest BCUT2D eigenvalue weighted by Crippen LogP contribution is -2.37. The number of methoxy groups -OCH3 is 1. The molecule has 3 aromatic rings. The van der Waals surface area contributed by atoms with Gasteiger partial charge in [-0.2, -0.15) is 5.10 Å². The maximum Gasteiger partial charge on any atom is 0.271 e. The van der Waals surface area contributed by atoms with Gasteiger partial charge in [-0.1, -0.05) is 18.2 Å².